The van der Waals surface area contributed by atoms with E-state index in [2.05, 4.69) is 10.1 Å². The summed E-state index contributed by atoms with van der Waals surface area (Å²) < 4.78 is 4.44. The average Bonchev–Trinajstić information content (AvgIpc) is 2.44. The molecule has 0 aromatic heterocycles. The zero-order valence-electron chi connectivity index (χ0n) is 12.0. The zero-order chi connectivity index (χ0) is 15.2. The highest BCUT2D eigenvalue weighted by Crippen LogP contribution is 2.35. The second-order valence-electron chi connectivity index (χ2n) is 5.10. The highest BCUT2D eigenvalue weighted by atomic mass is 16.5. The van der Waals surface area contributed by atoms with E-state index in [0.29, 0.717) is 25.8 Å². The van der Waals surface area contributed by atoms with Crippen LogP contribution in [0.15, 0.2) is 0 Å². The van der Waals surface area contributed by atoms with Crippen LogP contribution in [0.3, 0.4) is 0 Å². The lowest BCUT2D eigenvalue weighted by atomic mass is 9.76. The Morgan fingerprint density at radius 3 is 2.65 bits per heavy atom. The zero-order valence-corrected chi connectivity index (χ0v) is 12.0. The molecule has 1 unspecified atom stereocenters. The summed E-state index contributed by atoms with van der Waals surface area (Å²) in [4.78, 5) is 35.9. The highest BCUT2D eigenvalue weighted by molar-refractivity contribution is 5.82. The summed E-state index contributed by atoms with van der Waals surface area (Å²) in [5, 5.41) is 11.9. The van der Waals surface area contributed by atoms with E-state index in [9.17, 15) is 19.5 Å². The Morgan fingerprint density at radius 2 is 2.10 bits per heavy atom. The highest BCUT2D eigenvalue weighted by Gasteiger charge is 2.42. The summed E-state index contributed by atoms with van der Waals surface area (Å²) in [6.45, 7) is 2.41. The van der Waals surface area contributed by atoms with Crippen LogP contribution in [0.4, 0.5) is 4.79 Å². The van der Waals surface area contributed by atoms with Gasteiger partial charge in [-0.15, -0.1) is 0 Å². The molecule has 1 saturated heterocycles. The van der Waals surface area contributed by atoms with Crippen LogP contribution in [0, 0.1) is 5.41 Å². The van der Waals surface area contributed by atoms with E-state index < -0.39 is 23.4 Å². The molecular formula is C13H22N2O5. The van der Waals surface area contributed by atoms with Gasteiger partial charge in [0.25, 0.3) is 0 Å². The third kappa shape index (κ3) is 3.85. The van der Waals surface area contributed by atoms with Crippen LogP contribution in [0.5, 0.6) is 0 Å². The fourth-order valence-corrected chi connectivity index (χ4v) is 2.60. The molecule has 1 rings (SSSR count). The molecule has 0 aromatic rings. The molecule has 0 radical (unpaired) electrons. The molecule has 1 fully saturated rings. The molecule has 7 nitrogen and oxygen atoms in total. The minimum absolute atomic E-state index is 0.184. The number of aliphatic carboxylic acids is 1. The molecule has 0 saturated carbocycles. The fourth-order valence-electron chi connectivity index (χ4n) is 2.60. The lowest BCUT2D eigenvalue weighted by molar-refractivity contribution is -0.152. The number of urea groups is 1. The fraction of sp³-hybridized carbons (Fsp3) is 0.769. The maximum absolute atomic E-state index is 11.9. The predicted octanol–water partition coefficient (Wildman–Crippen LogP) is 0.836. The van der Waals surface area contributed by atoms with Crippen molar-refractivity contribution in [3.63, 3.8) is 0 Å². The molecule has 2 N–H and O–H groups in total. The number of likely N-dealkylation sites (tertiary alicyclic amines) is 1. The number of ether oxygens (including phenoxy) is 1. The quantitative estimate of drug-likeness (QED) is 0.730. The molecule has 0 aliphatic carbocycles. The first kappa shape index (κ1) is 16.3. The van der Waals surface area contributed by atoms with E-state index in [0.717, 1.165) is 6.42 Å². The van der Waals surface area contributed by atoms with Crippen LogP contribution < -0.4 is 5.32 Å². The third-order valence-corrected chi connectivity index (χ3v) is 3.66. The van der Waals surface area contributed by atoms with E-state index >= 15 is 0 Å². The second-order valence-corrected chi connectivity index (χ2v) is 5.10. The van der Waals surface area contributed by atoms with E-state index in [-0.39, 0.29) is 13.1 Å². The molecule has 114 valence electrons. The van der Waals surface area contributed by atoms with Crippen LogP contribution in [0.2, 0.25) is 0 Å². The molecule has 0 spiro atoms. The van der Waals surface area contributed by atoms with Gasteiger partial charge in [0.1, 0.15) is 6.54 Å². The monoisotopic (exact) mass is 286 g/mol. The lowest BCUT2D eigenvalue weighted by Crippen LogP contribution is -2.53. The Bertz CT molecular complexity index is 381. The number of carboxylic acid groups (broad SMARTS) is 1. The summed E-state index contributed by atoms with van der Waals surface area (Å²) in [5.74, 6) is -1.39. The molecule has 1 heterocycles. The van der Waals surface area contributed by atoms with Crippen molar-refractivity contribution in [1.82, 2.24) is 10.2 Å². The van der Waals surface area contributed by atoms with Gasteiger partial charge < -0.3 is 20.1 Å². The van der Waals surface area contributed by atoms with Crippen molar-refractivity contribution in [1.29, 1.82) is 0 Å². The van der Waals surface area contributed by atoms with Gasteiger partial charge in [0, 0.05) is 13.1 Å². The molecule has 0 bridgehead atoms. The molecule has 1 aliphatic heterocycles. The Balaban J connectivity index is 2.65. The van der Waals surface area contributed by atoms with Crippen molar-refractivity contribution < 1.29 is 24.2 Å². The number of carbonyl (C=O) groups is 3. The van der Waals surface area contributed by atoms with Crippen molar-refractivity contribution in [3.05, 3.63) is 0 Å². The number of piperidine rings is 1. The Morgan fingerprint density at radius 1 is 1.40 bits per heavy atom. The summed E-state index contributed by atoms with van der Waals surface area (Å²) in [7, 11) is 1.24. The van der Waals surface area contributed by atoms with Gasteiger partial charge >= 0.3 is 18.0 Å². The minimum Gasteiger partial charge on any atom is -0.481 e. The van der Waals surface area contributed by atoms with E-state index in [4.69, 9.17) is 0 Å². The first-order valence-electron chi connectivity index (χ1n) is 6.78. The Hall–Kier alpha value is -1.79. The lowest BCUT2D eigenvalue weighted by Gasteiger charge is -2.39. The van der Waals surface area contributed by atoms with Gasteiger partial charge in [-0.2, -0.15) is 0 Å². The number of carbonyl (C=O) groups excluding carboxylic acids is 2. The summed E-state index contributed by atoms with van der Waals surface area (Å²) in [6.07, 6.45) is 2.53. The molecule has 0 aromatic carbocycles. The number of esters is 1. The normalized spacial score (nSPS) is 22.2. The predicted molar refractivity (Wildman–Crippen MR) is 71.2 cm³/mol. The first-order chi connectivity index (χ1) is 9.45. The molecule has 7 heteroatoms. The van der Waals surface area contributed by atoms with Gasteiger partial charge in [0.15, 0.2) is 0 Å². The molecular weight excluding hydrogens is 264 g/mol. The number of nitrogens with zero attached hydrogens (tertiary/aromatic N) is 1. The number of hydrogen-bond donors (Lipinski definition) is 2. The van der Waals surface area contributed by atoms with Gasteiger partial charge in [-0.1, -0.05) is 13.3 Å². The van der Waals surface area contributed by atoms with Gasteiger partial charge in [-0.3, -0.25) is 9.59 Å². The number of methoxy groups -OCH3 is 1. The number of hydrogen-bond acceptors (Lipinski definition) is 4. The van der Waals surface area contributed by atoms with Gasteiger partial charge in [-0.25, -0.2) is 4.79 Å². The number of amides is 2. The van der Waals surface area contributed by atoms with Crippen LogP contribution in [-0.2, 0) is 14.3 Å². The first-order valence-corrected chi connectivity index (χ1v) is 6.78. The summed E-state index contributed by atoms with van der Waals surface area (Å²) >= 11 is 0. The van der Waals surface area contributed by atoms with Gasteiger partial charge in [0.05, 0.1) is 12.5 Å². The SMILES string of the molecule is CCCC1(C(=O)O)CCCN(C(=O)NCC(=O)OC)C1. The molecule has 20 heavy (non-hydrogen) atoms. The minimum atomic E-state index is -0.865. The van der Waals surface area contributed by atoms with Gasteiger partial charge in [0.2, 0.25) is 0 Å². The maximum Gasteiger partial charge on any atom is 0.325 e. The number of carboxylic acids is 1. The van der Waals surface area contributed by atoms with Crippen LogP contribution in [0.1, 0.15) is 32.6 Å². The van der Waals surface area contributed by atoms with Crippen LogP contribution in [0.25, 0.3) is 0 Å². The molecule has 2 amide bonds. The van der Waals surface area contributed by atoms with Crippen molar-refractivity contribution in [2.24, 2.45) is 5.41 Å². The largest absolute Gasteiger partial charge is 0.481 e. The number of rotatable bonds is 5. The van der Waals surface area contributed by atoms with E-state index in [1.807, 2.05) is 6.92 Å². The Kier molecular flexibility index (Phi) is 5.79. The molecule has 1 aliphatic rings. The second kappa shape index (κ2) is 7.12. The molecule has 1 atom stereocenters. The van der Waals surface area contributed by atoms with Gasteiger partial charge in [-0.05, 0) is 19.3 Å². The standard InChI is InChI=1S/C13H22N2O5/c1-3-5-13(11(17)18)6-4-7-15(9-13)12(19)14-8-10(16)20-2/h3-9H2,1-2H3,(H,14,19)(H,17,18). The van der Waals surface area contributed by atoms with Crippen molar-refractivity contribution in [2.45, 2.75) is 32.6 Å². The van der Waals surface area contributed by atoms with E-state index in [1.165, 1.54) is 12.0 Å². The smallest absolute Gasteiger partial charge is 0.325 e. The van der Waals surface area contributed by atoms with Crippen molar-refractivity contribution >= 4 is 18.0 Å². The average molecular weight is 286 g/mol. The summed E-state index contributed by atoms with van der Waals surface area (Å²) in [5.41, 5.74) is -0.865. The van der Waals surface area contributed by atoms with Crippen molar-refractivity contribution in [3.8, 4) is 0 Å². The Labute approximate surface area is 118 Å². The maximum atomic E-state index is 11.9. The van der Waals surface area contributed by atoms with Crippen LogP contribution in [-0.4, -0.2) is 54.7 Å². The number of nitrogens with one attached hydrogen (secondary N) is 1. The van der Waals surface area contributed by atoms with Crippen molar-refractivity contribution in [2.75, 3.05) is 26.7 Å². The van der Waals surface area contributed by atoms with Crippen LogP contribution >= 0.6 is 0 Å². The topological polar surface area (TPSA) is 95.9 Å². The summed E-state index contributed by atoms with van der Waals surface area (Å²) in [6, 6.07) is -0.420. The third-order valence-electron chi connectivity index (χ3n) is 3.66. The van der Waals surface area contributed by atoms with E-state index in [1.54, 1.807) is 0 Å².